The number of aromatic nitrogens is 1. The molecule has 3 aromatic carbocycles. The number of esters is 1. The number of nitrogens with zero attached hydrogens (tertiary/aromatic N) is 1. The molecule has 2 atom stereocenters. The average molecular weight is 580 g/mol. The Morgan fingerprint density at radius 3 is 2.72 bits per heavy atom. The van der Waals surface area contributed by atoms with E-state index in [1.807, 2.05) is 56.3 Å². The van der Waals surface area contributed by atoms with Gasteiger partial charge in [0.25, 0.3) is 6.01 Å². The van der Waals surface area contributed by atoms with Gasteiger partial charge >= 0.3 is 5.97 Å². The summed E-state index contributed by atoms with van der Waals surface area (Å²) in [7, 11) is 0. The molecule has 1 aromatic heterocycles. The smallest absolute Gasteiger partial charge is 0.306 e. The number of fused-ring (bicyclic) bond motifs is 2. The number of carbonyl (C=O) groups excluding carboxylic acids is 2. The number of ketones is 1. The highest BCUT2D eigenvalue weighted by Gasteiger charge is 2.31. The lowest BCUT2D eigenvalue weighted by atomic mass is 9.74. The number of hydrogen-bond acceptors (Lipinski definition) is 7. The number of para-hydroxylation sites is 1. The van der Waals surface area contributed by atoms with Crippen molar-refractivity contribution in [2.75, 3.05) is 18.5 Å². The molecular formula is C36H41N3O4. The van der Waals surface area contributed by atoms with Crippen LogP contribution in [0.3, 0.4) is 0 Å². The summed E-state index contributed by atoms with van der Waals surface area (Å²) >= 11 is 0. The quantitative estimate of drug-likeness (QED) is 0.188. The van der Waals surface area contributed by atoms with Gasteiger partial charge in [-0.05, 0) is 91.0 Å². The third kappa shape index (κ3) is 6.67. The molecule has 2 N–H and O–H groups in total. The summed E-state index contributed by atoms with van der Waals surface area (Å²) < 4.78 is 11.4. The number of nitrogens with one attached hydrogen (secondary N) is 2. The van der Waals surface area contributed by atoms with Crippen LogP contribution in [-0.4, -0.2) is 29.9 Å². The van der Waals surface area contributed by atoms with E-state index in [2.05, 4.69) is 33.8 Å². The molecule has 0 spiro atoms. The van der Waals surface area contributed by atoms with Gasteiger partial charge < -0.3 is 19.8 Å². The number of ether oxygens (including phenoxy) is 1. The van der Waals surface area contributed by atoms with Gasteiger partial charge in [-0.25, -0.2) is 0 Å². The zero-order valence-electron chi connectivity index (χ0n) is 25.2. The first-order chi connectivity index (χ1) is 21.0. The van der Waals surface area contributed by atoms with Crippen molar-refractivity contribution in [3.8, 4) is 0 Å². The fourth-order valence-corrected chi connectivity index (χ4v) is 6.86. The second-order valence-electron chi connectivity index (χ2n) is 12.0. The molecule has 6 rings (SSSR count). The summed E-state index contributed by atoms with van der Waals surface area (Å²) in [5.41, 5.74) is 7.80. The van der Waals surface area contributed by atoms with Crippen molar-refractivity contribution in [1.82, 2.24) is 10.3 Å². The Labute approximate surface area is 253 Å². The lowest BCUT2D eigenvalue weighted by molar-refractivity contribution is -0.144. The highest BCUT2D eigenvalue weighted by Crippen LogP contribution is 2.40. The molecule has 1 aliphatic heterocycles. The second kappa shape index (κ2) is 13.1. The molecule has 4 aromatic rings. The van der Waals surface area contributed by atoms with Crippen LogP contribution in [0.25, 0.3) is 11.1 Å². The monoisotopic (exact) mass is 579 g/mol. The molecule has 0 saturated heterocycles. The Balaban J connectivity index is 1.18. The summed E-state index contributed by atoms with van der Waals surface area (Å²) in [5.74, 6) is 0.662. The zero-order valence-corrected chi connectivity index (χ0v) is 25.2. The van der Waals surface area contributed by atoms with Crippen LogP contribution in [0, 0.1) is 12.8 Å². The van der Waals surface area contributed by atoms with Gasteiger partial charge in [-0.15, -0.1) is 0 Å². The topological polar surface area (TPSA) is 93.5 Å². The maximum Gasteiger partial charge on any atom is 0.306 e. The Hall–Kier alpha value is -3.97. The van der Waals surface area contributed by atoms with Crippen molar-refractivity contribution in [3.63, 3.8) is 0 Å². The van der Waals surface area contributed by atoms with Crippen molar-refractivity contribution >= 4 is 34.6 Å². The molecule has 2 aliphatic rings. The minimum absolute atomic E-state index is 0.118. The predicted octanol–water partition coefficient (Wildman–Crippen LogP) is 7.50. The van der Waals surface area contributed by atoms with E-state index in [0.717, 1.165) is 53.7 Å². The van der Waals surface area contributed by atoms with Gasteiger partial charge in [-0.1, -0.05) is 61.7 Å². The van der Waals surface area contributed by atoms with Crippen molar-refractivity contribution in [1.29, 1.82) is 0 Å². The summed E-state index contributed by atoms with van der Waals surface area (Å²) in [6, 6.07) is 20.4. The van der Waals surface area contributed by atoms with Crippen LogP contribution < -0.4 is 10.6 Å². The van der Waals surface area contributed by atoms with Gasteiger partial charge in [-0.3, -0.25) is 9.59 Å². The molecule has 1 saturated carbocycles. The summed E-state index contributed by atoms with van der Waals surface area (Å²) in [6.45, 7) is 5.05. The largest absolute Gasteiger partial charge is 0.466 e. The first kappa shape index (κ1) is 29.1. The molecule has 1 aliphatic carbocycles. The Bertz CT molecular complexity index is 1600. The van der Waals surface area contributed by atoms with E-state index >= 15 is 0 Å². The minimum atomic E-state index is -0.361. The summed E-state index contributed by atoms with van der Waals surface area (Å²) in [6.07, 6.45) is 7.61. The first-order valence-electron chi connectivity index (χ1n) is 15.7. The molecule has 7 heteroatoms. The molecular weight excluding hydrogens is 538 g/mol. The zero-order chi connectivity index (χ0) is 29.8. The number of benzene rings is 3. The highest BCUT2D eigenvalue weighted by atomic mass is 16.5. The number of carbonyl (C=O) groups is 2. The molecule has 0 bridgehead atoms. The molecule has 43 heavy (non-hydrogen) atoms. The van der Waals surface area contributed by atoms with Crippen LogP contribution in [0.15, 0.2) is 65.1 Å². The van der Waals surface area contributed by atoms with Gasteiger partial charge in [-0.2, -0.15) is 4.98 Å². The summed E-state index contributed by atoms with van der Waals surface area (Å²) in [5, 5.41) is 6.71. The normalized spacial score (nSPS) is 17.8. The number of oxazole rings is 1. The number of Topliss-reactive ketones (excluding diaryl/α,β-unsaturated/α-hetero) is 1. The Kier molecular flexibility index (Phi) is 8.89. The fourth-order valence-electron chi connectivity index (χ4n) is 6.86. The number of anilines is 2. The van der Waals surface area contributed by atoms with Crippen molar-refractivity contribution < 1.29 is 18.7 Å². The van der Waals surface area contributed by atoms with E-state index in [0.29, 0.717) is 37.0 Å². The van der Waals surface area contributed by atoms with Gasteiger partial charge in [0.05, 0.1) is 19.1 Å². The van der Waals surface area contributed by atoms with E-state index in [-0.39, 0.29) is 23.7 Å². The third-order valence-corrected chi connectivity index (χ3v) is 9.10. The molecule has 0 amide bonds. The first-order valence-corrected chi connectivity index (χ1v) is 15.7. The van der Waals surface area contributed by atoms with Crippen LogP contribution in [0.1, 0.15) is 85.2 Å². The Morgan fingerprint density at radius 1 is 1.07 bits per heavy atom. The minimum Gasteiger partial charge on any atom is -0.466 e. The van der Waals surface area contributed by atoms with Crippen LogP contribution in [0.2, 0.25) is 0 Å². The molecule has 2 unspecified atom stereocenters. The van der Waals surface area contributed by atoms with Gasteiger partial charge in [0.2, 0.25) is 0 Å². The van der Waals surface area contributed by atoms with E-state index in [1.54, 1.807) is 0 Å². The van der Waals surface area contributed by atoms with Crippen LogP contribution in [0.4, 0.5) is 11.7 Å². The highest BCUT2D eigenvalue weighted by molar-refractivity contribution is 5.89. The van der Waals surface area contributed by atoms with E-state index < -0.39 is 0 Å². The number of hydrogen-bond donors (Lipinski definition) is 2. The molecule has 1 fully saturated rings. The number of rotatable bonds is 10. The Morgan fingerprint density at radius 2 is 1.91 bits per heavy atom. The van der Waals surface area contributed by atoms with Crippen LogP contribution in [-0.2, 0) is 27.2 Å². The van der Waals surface area contributed by atoms with Gasteiger partial charge in [0.15, 0.2) is 11.4 Å². The molecule has 7 nitrogen and oxygen atoms in total. The SMILES string of the molecule is CCOC(=O)CC(c1ccc2c(c1)CCNC2C(=O)Cc1ccc2nc(Nc3ccccc3C)oc2c1)C1CCCCC1. The lowest BCUT2D eigenvalue weighted by Crippen LogP contribution is -2.36. The molecule has 2 heterocycles. The van der Waals surface area contributed by atoms with E-state index in [1.165, 1.54) is 30.4 Å². The molecule has 224 valence electrons. The van der Waals surface area contributed by atoms with Crippen LogP contribution >= 0.6 is 0 Å². The van der Waals surface area contributed by atoms with Crippen molar-refractivity contribution in [3.05, 3.63) is 88.5 Å². The second-order valence-corrected chi connectivity index (χ2v) is 12.0. The van der Waals surface area contributed by atoms with Gasteiger partial charge in [0, 0.05) is 18.7 Å². The van der Waals surface area contributed by atoms with Crippen molar-refractivity contribution in [2.45, 2.75) is 77.2 Å². The third-order valence-electron chi connectivity index (χ3n) is 9.10. The standard InChI is InChI=1S/C36H41N3O4/c1-3-42-34(41)22-29(25-10-5-4-6-11-25)26-14-15-28-27(21-26)17-18-37-35(28)32(40)19-24-13-16-31-33(20-24)43-36(39-31)38-30-12-8-7-9-23(30)2/h7-9,12-16,20-21,25,29,35,37H,3-6,10-11,17-19,22H2,1-2H3,(H,38,39). The lowest BCUT2D eigenvalue weighted by Gasteiger charge is -2.32. The summed E-state index contributed by atoms with van der Waals surface area (Å²) in [4.78, 5) is 30.8. The number of aryl methyl sites for hydroxylation is 1. The van der Waals surface area contributed by atoms with Crippen molar-refractivity contribution in [2.24, 2.45) is 5.92 Å². The average Bonchev–Trinajstić information content (AvgIpc) is 3.42. The van der Waals surface area contributed by atoms with Crippen LogP contribution in [0.5, 0.6) is 0 Å². The van der Waals surface area contributed by atoms with Gasteiger partial charge in [0.1, 0.15) is 5.52 Å². The molecule has 0 radical (unpaired) electrons. The maximum absolute atomic E-state index is 13.7. The van der Waals surface area contributed by atoms with E-state index in [4.69, 9.17) is 9.15 Å². The van der Waals surface area contributed by atoms with E-state index in [9.17, 15) is 9.59 Å². The maximum atomic E-state index is 13.7. The predicted molar refractivity (Wildman–Crippen MR) is 169 cm³/mol. The fraction of sp³-hybridized carbons (Fsp3) is 0.417.